The number of fused-ring (bicyclic) bond motifs is 1. The number of H-pyrrole nitrogens is 1. The van der Waals surface area contributed by atoms with Crippen molar-refractivity contribution in [1.29, 1.82) is 0 Å². The fraction of sp³-hybridized carbons (Fsp3) is 0.357. The van der Waals surface area contributed by atoms with E-state index >= 15 is 0 Å². The molecule has 1 N–H and O–H groups in total. The van der Waals surface area contributed by atoms with E-state index in [0.29, 0.717) is 6.42 Å². The van der Waals surface area contributed by atoms with Crippen LogP contribution in [0.1, 0.15) is 24.8 Å². The predicted octanol–water partition coefficient (Wildman–Crippen LogP) is 2.84. The normalized spacial score (nSPS) is 12.4. The molecular weight excluding hydrogens is 230 g/mol. The van der Waals surface area contributed by atoms with Crippen molar-refractivity contribution >= 4 is 16.9 Å². The summed E-state index contributed by atoms with van der Waals surface area (Å²) in [6, 6.07) is 5.87. The fourth-order valence-electron chi connectivity index (χ4n) is 2.10. The minimum absolute atomic E-state index is 0.110. The lowest BCUT2D eigenvalue weighted by atomic mass is 9.97. The maximum absolute atomic E-state index is 11.3. The largest absolute Gasteiger partial charge is 0.497 e. The molecule has 1 atom stereocenters. The number of nitrogens with one attached hydrogen (secondary N) is 1. The van der Waals surface area contributed by atoms with Crippen LogP contribution in [0.5, 0.6) is 5.75 Å². The molecule has 2 aromatic rings. The van der Waals surface area contributed by atoms with Crippen molar-refractivity contribution in [1.82, 2.24) is 4.98 Å². The third-order valence-electron chi connectivity index (χ3n) is 3.15. The number of aromatic amines is 1. The van der Waals surface area contributed by atoms with Gasteiger partial charge in [0.05, 0.1) is 20.6 Å². The second-order valence-electron chi connectivity index (χ2n) is 4.34. The smallest absolute Gasteiger partial charge is 0.306 e. The summed E-state index contributed by atoms with van der Waals surface area (Å²) in [7, 11) is 3.05. The summed E-state index contributed by atoms with van der Waals surface area (Å²) < 4.78 is 9.93. The molecule has 0 unspecified atom stereocenters. The van der Waals surface area contributed by atoms with Gasteiger partial charge in [-0.1, -0.05) is 6.92 Å². The van der Waals surface area contributed by atoms with E-state index in [9.17, 15) is 4.79 Å². The molecule has 18 heavy (non-hydrogen) atoms. The summed E-state index contributed by atoms with van der Waals surface area (Å²) in [5.74, 6) is 0.728. The molecule has 96 valence electrons. The van der Waals surface area contributed by atoms with Gasteiger partial charge < -0.3 is 14.5 Å². The maximum Gasteiger partial charge on any atom is 0.306 e. The van der Waals surface area contributed by atoms with Gasteiger partial charge in [0.15, 0.2) is 0 Å². The van der Waals surface area contributed by atoms with Gasteiger partial charge >= 0.3 is 5.97 Å². The summed E-state index contributed by atoms with van der Waals surface area (Å²) in [4.78, 5) is 14.5. The van der Waals surface area contributed by atoms with Gasteiger partial charge in [-0.3, -0.25) is 4.79 Å². The predicted molar refractivity (Wildman–Crippen MR) is 69.9 cm³/mol. The summed E-state index contributed by atoms with van der Waals surface area (Å²) in [5, 5.41) is 1.09. The van der Waals surface area contributed by atoms with Gasteiger partial charge in [-0.15, -0.1) is 0 Å². The standard InChI is InChI=1S/C14H17NO3/c1-9(6-14(16)18-3)12-8-15-13-5-4-10(17-2)7-11(12)13/h4-5,7-9,15H,6H2,1-3H3/t9-/m0/s1. The molecule has 1 heterocycles. The van der Waals surface area contributed by atoms with Gasteiger partial charge in [0.2, 0.25) is 0 Å². The van der Waals surface area contributed by atoms with Crippen LogP contribution in [0.3, 0.4) is 0 Å². The Morgan fingerprint density at radius 1 is 1.39 bits per heavy atom. The lowest BCUT2D eigenvalue weighted by molar-refractivity contribution is -0.140. The summed E-state index contributed by atoms with van der Waals surface area (Å²) >= 11 is 0. The summed E-state index contributed by atoms with van der Waals surface area (Å²) in [6.45, 7) is 2.01. The van der Waals surface area contributed by atoms with Crippen molar-refractivity contribution in [3.05, 3.63) is 30.0 Å². The summed E-state index contributed by atoms with van der Waals surface area (Å²) in [5.41, 5.74) is 2.15. The highest BCUT2D eigenvalue weighted by Crippen LogP contribution is 2.30. The van der Waals surface area contributed by atoms with Gasteiger partial charge in [0, 0.05) is 17.1 Å². The van der Waals surface area contributed by atoms with Gasteiger partial charge in [-0.05, 0) is 29.7 Å². The molecule has 2 rings (SSSR count). The Balaban J connectivity index is 2.35. The quantitative estimate of drug-likeness (QED) is 0.845. The Labute approximate surface area is 106 Å². The lowest BCUT2D eigenvalue weighted by Gasteiger charge is -2.09. The molecule has 1 aromatic carbocycles. The van der Waals surface area contributed by atoms with Gasteiger partial charge in [0.25, 0.3) is 0 Å². The number of esters is 1. The highest BCUT2D eigenvalue weighted by molar-refractivity contribution is 5.85. The molecule has 0 aliphatic heterocycles. The molecule has 0 aliphatic carbocycles. The molecule has 0 aliphatic rings. The van der Waals surface area contributed by atoms with Crippen LogP contribution in [0, 0.1) is 0 Å². The first-order valence-electron chi connectivity index (χ1n) is 5.87. The highest BCUT2D eigenvalue weighted by atomic mass is 16.5. The van der Waals surface area contributed by atoms with Crippen LogP contribution in [0.25, 0.3) is 10.9 Å². The van der Waals surface area contributed by atoms with Crippen LogP contribution in [-0.4, -0.2) is 25.2 Å². The number of hydrogen-bond acceptors (Lipinski definition) is 3. The van der Waals surface area contributed by atoms with Crippen LogP contribution in [0.15, 0.2) is 24.4 Å². The van der Waals surface area contributed by atoms with Crippen molar-refractivity contribution in [2.75, 3.05) is 14.2 Å². The zero-order chi connectivity index (χ0) is 13.1. The van der Waals surface area contributed by atoms with Crippen molar-refractivity contribution in [2.45, 2.75) is 19.3 Å². The van der Waals surface area contributed by atoms with E-state index in [1.165, 1.54) is 7.11 Å². The Kier molecular flexibility index (Phi) is 3.55. The molecule has 0 amide bonds. The van der Waals surface area contributed by atoms with E-state index in [2.05, 4.69) is 4.98 Å². The number of carbonyl (C=O) groups is 1. The molecule has 0 saturated carbocycles. The number of hydrogen-bond donors (Lipinski definition) is 1. The first-order valence-corrected chi connectivity index (χ1v) is 5.87. The number of methoxy groups -OCH3 is 2. The number of ether oxygens (including phenoxy) is 2. The molecule has 0 radical (unpaired) electrons. The van der Waals surface area contributed by atoms with E-state index < -0.39 is 0 Å². The van der Waals surface area contributed by atoms with Crippen LogP contribution >= 0.6 is 0 Å². The van der Waals surface area contributed by atoms with E-state index in [-0.39, 0.29) is 11.9 Å². The maximum atomic E-state index is 11.3. The van der Waals surface area contributed by atoms with Crippen molar-refractivity contribution < 1.29 is 14.3 Å². The average Bonchev–Trinajstić information content (AvgIpc) is 2.81. The Bertz CT molecular complexity index is 559. The van der Waals surface area contributed by atoms with E-state index in [1.54, 1.807) is 7.11 Å². The van der Waals surface area contributed by atoms with Crippen LogP contribution in [0.4, 0.5) is 0 Å². The highest BCUT2D eigenvalue weighted by Gasteiger charge is 2.15. The minimum atomic E-state index is -0.195. The van der Waals surface area contributed by atoms with Crippen molar-refractivity contribution in [3.8, 4) is 5.75 Å². The number of carbonyl (C=O) groups excluding carboxylic acids is 1. The third-order valence-corrected chi connectivity index (χ3v) is 3.15. The van der Waals surface area contributed by atoms with Gasteiger partial charge in [-0.25, -0.2) is 0 Å². The van der Waals surface area contributed by atoms with Crippen molar-refractivity contribution in [2.24, 2.45) is 0 Å². The van der Waals surface area contributed by atoms with E-state index in [0.717, 1.165) is 22.2 Å². The first-order chi connectivity index (χ1) is 8.65. The second-order valence-corrected chi connectivity index (χ2v) is 4.34. The molecule has 0 bridgehead atoms. The summed E-state index contributed by atoms with van der Waals surface area (Å²) in [6.07, 6.45) is 2.32. The number of aromatic nitrogens is 1. The molecule has 4 nitrogen and oxygen atoms in total. The number of benzene rings is 1. The Morgan fingerprint density at radius 3 is 2.83 bits per heavy atom. The SMILES string of the molecule is COC(=O)C[C@H](C)c1c[nH]c2ccc(OC)cc12. The van der Waals surface area contributed by atoms with Crippen LogP contribution in [0.2, 0.25) is 0 Å². The van der Waals surface area contributed by atoms with Crippen molar-refractivity contribution in [3.63, 3.8) is 0 Å². The fourth-order valence-corrected chi connectivity index (χ4v) is 2.10. The van der Waals surface area contributed by atoms with Gasteiger partial charge in [0.1, 0.15) is 5.75 Å². The second kappa shape index (κ2) is 5.12. The van der Waals surface area contributed by atoms with Crippen LogP contribution < -0.4 is 4.74 Å². The monoisotopic (exact) mass is 247 g/mol. The molecule has 0 spiro atoms. The number of rotatable bonds is 4. The van der Waals surface area contributed by atoms with E-state index in [4.69, 9.17) is 9.47 Å². The lowest BCUT2D eigenvalue weighted by Crippen LogP contribution is -2.05. The Hall–Kier alpha value is -1.97. The van der Waals surface area contributed by atoms with Gasteiger partial charge in [-0.2, -0.15) is 0 Å². The first kappa shape index (κ1) is 12.5. The molecule has 0 fully saturated rings. The average molecular weight is 247 g/mol. The third kappa shape index (κ3) is 2.32. The Morgan fingerprint density at radius 2 is 2.17 bits per heavy atom. The van der Waals surface area contributed by atoms with Crippen LogP contribution in [-0.2, 0) is 9.53 Å². The van der Waals surface area contributed by atoms with E-state index in [1.807, 2.05) is 31.3 Å². The zero-order valence-corrected chi connectivity index (χ0v) is 10.8. The molecule has 1 aromatic heterocycles. The minimum Gasteiger partial charge on any atom is -0.497 e. The molecular formula is C14H17NO3. The zero-order valence-electron chi connectivity index (χ0n) is 10.8. The topological polar surface area (TPSA) is 51.3 Å². The molecule has 0 saturated heterocycles. The molecule has 4 heteroatoms.